The molecule has 0 atom stereocenters. The van der Waals surface area contributed by atoms with Gasteiger partial charge in [-0.2, -0.15) is 0 Å². The molecule has 0 spiro atoms. The summed E-state index contributed by atoms with van der Waals surface area (Å²) < 4.78 is 26.1. The maximum Gasteiger partial charge on any atom is 0 e. The van der Waals surface area contributed by atoms with Crippen molar-refractivity contribution in [2.45, 2.75) is 19.8 Å². The first kappa shape index (κ1) is 13.5. The molecule has 67 valence electrons. The van der Waals surface area contributed by atoms with Crippen molar-refractivity contribution in [2.75, 3.05) is 0 Å². The first-order valence-corrected chi connectivity index (χ1v) is 4.63. The Bertz CT molecular complexity index is 287. The molecule has 0 aliphatic heterocycles. The molecule has 0 saturated carbocycles. The van der Waals surface area contributed by atoms with Crippen molar-refractivity contribution >= 4 is 3.87 Å². The number of rotatable bonds is 2. The molecule has 0 nitrogen and oxygen atoms in total. The maximum absolute atomic E-state index is 13.2. The molecule has 4 heteroatoms. The van der Waals surface area contributed by atoms with Crippen molar-refractivity contribution < 1.29 is 50.9 Å². The van der Waals surface area contributed by atoms with Crippen LogP contribution in [0.1, 0.15) is 18.9 Å². The molecule has 0 fully saturated rings. The molecule has 1 aromatic carbocycles. The van der Waals surface area contributed by atoms with Gasteiger partial charge in [-0.25, -0.2) is 0 Å². The van der Waals surface area contributed by atoms with E-state index in [1.165, 1.54) is 32.6 Å². The summed E-state index contributed by atoms with van der Waals surface area (Å²) in [5, 5.41) is 0. The average molecular weight is 251 g/mol. The first-order chi connectivity index (χ1) is 5.66. The normalized spacial score (nSPS) is 9.38. The average Bonchev–Trinajstić information content (AvgIpc) is 2.07. The standard InChI is InChI=1S/C9H9F2.2Ti/c1-2-3-7-4-5-8(10)6-9(7)11;;/h4-5H,2-3H2,1H3;;. The van der Waals surface area contributed by atoms with Gasteiger partial charge in [-0.3, -0.25) is 0 Å². The second kappa shape index (κ2) is 6.08. The summed E-state index contributed by atoms with van der Waals surface area (Å²) in [6, 6.07) is 2.84. The summed E-state index contributed by atoms with van der Waals surface area (Å²) in [5.41, 5.74) is 0.608. The molecule has 0 saturated heterocycles. The molecule has 0 radical (unpaired) electrons. The molecule has 0 unspecified atom stereocenters. The van der Waals surface area contributed by atoms with Crippen LogP contribution in [0.25, 0.3) is 0 Å². The van der Waals surface area contributed by atoms with E-state index in [1.54, 1.807) is 0 Å². The van der Waals surface area contributed by atoms with Gasteiger partial charge in [0.1, 0.15) is 0 Å². The van der Waals surface area contributed by atoms with Gasteiger partial charge in [0.05, 0.1) is 0 Å². The van der Waals surface area contributed by atoms with Crippen LogP contribution in [0, 0.1) is 11.6 Å². The Hall–Kier alpha value is 0.509. The van der Waals surface area contributed by atoms with Crippen LogP contribution in [0.3, 0.4) is 0 Å². The van der Waals surface area contributed by atoms with Crippen molar-refractivity contribution in [2.24, 2.45) is 0 Å². The predicted molar refractivity (Wildman–Crippen MR) is 40.0 cm³/mol. The van der Waals surface area contributed by atoms with E-state index < -0.39 is 11.6 Å². The summed E-state index contributed by atoms with van der Waals surface area (Å²) in [6.07, 6.45) is 1.55. The fourth-order valence-electron chi connectivity index (χ4n) is 1.06. The largest absolute Gasteiger partial charge is 0 e. The summed E-state index contributed by atoms with van der Waals surface area (Å²) >= 11 is 1.46. The third-order valence-corrected chi connectivity index (χ3v) is 2.41. The molecule has 1 aromatic rings. The molecule has 1 rings (SSSR count). The van der Waals surface area contributed by atoms with E-state index in [2.05, 4.69) is 0 Å². The van der Waals surface area contributed by atoms with Gasteiger partial charge in [-0.15, -0.1) is 0 Å². The Kier molecular flexibility index (Phi) is 6.32. The zero-order chi connectivity index (χ0) is 9.14. The van der Waals surface area contributed by atoms with Crippen molar-refractivity contribution in [1.82, 2.24) is 0 Å². The van der Waals surface area contributed by atoms with E-state index >= 15 is 0 Å². The Balaban J connectivity index is 0.00000144. The summed E-state index contributed by atoms with van der Waals surface area (Å²) in [5.74, 6) is -0.857. The van der Waals surface area contributed by atoms with Crippen LogP contribution in [-0.2, 0) is 48.6 Å². The molecule has 0 N–H and O–H groups in total. The van der Waals surface area contributed by atoms with Crippen LogP contribution < -0.4 is 3.87 Å². The smallest absolute Gasteiger partial charge is 0 e. The van der Waals surface area contributed by atoms with E-state index in [1.807, 2.05) is 6.92 Å². The van der Waals surface area contributed by atoms with Gasteiger partial charge in [-0.05, 0) is 0 Å². The monoisotopic (exact) mass is 251 g/mol. The molecule has 0 aliphatic rings. The molecular formula is C9H9F2Ti2. The molecule has 0 bridgehead atoms. The van der Waals surface area contributed by atoms with Gasteiger partial charge in [0.2, 0.25) is 0 Å². The van der Waals surface area contributed by atoms with E-state index in [0.717, 1.165) is 6.42 Å². The number of hydrogen-bond donors (Lipinski definition) is 0. The van der Waals surface area contributed by atoms with Gasteiger partial charge < -0.3 is 0 Å². The number of benzene rings is 1. The predicted octanol–water partition coefficient (Wildman–Crippen LogP) is 2.09. The minimum absolute atomic E-state index is 0. The van der Waals surface area contributed by atoms with E-state index in [0.29, 0.717) is 12.0 Å². The SMILES string of the molecule is CCCc1ccc(F)[c]([Ti])c1F.[Ti]. The minimum Gasteiger partial charge on any atom is 0 e. The summed E-state index contributed by atoms with van der Waals surface area (Å²) in [4.78, 5) is 0. The third kappa shape index (κ3) is 3.28. The van der Waals surface area contributed by atoms with Gasteiger partial charge >= 0.3 is 82.2 Å². The second-order valence-corrected chi connectivity index (χ2v) is 3.43. The minimum atomic E-state index is -0.465. The molecule has 13 heavy (non-hydrogen) atoms. The Morgan fingerprint density at radius 3 is 2.46 bits per heavy atom. The molecule has 0 heterocycles. The van der Waals surface area contributed by atoms with Crippen molar-refractivity contribution in [3.05, 3.63) is 29.3 Å². The van der Waals surface area contributed by atoms with Gasteiger partial charge in [0.15, 0.2) is 0 Å². The van der Waals surface area contributed by atoms with E-state index in [4.69, 9.17) is 0 Å². The summed E-state index contributed by atoms with van der Waals surface area (Å²) in [6.45, 7) is 1.97. The van der Waals surface area contributed by atoms with Gasteiger partial charge in [0, 0.05) is 21.7 Å². The zero-order valence-corrected chi connectivity index (χ0v) is 10.4. The zero-order valence-electron chi connectivity index (χ0n) is 7.32. The fourth-order valence-corrected chi connectivity index (χ4v) is 1.44. The number of hydrogen-bond acceptors (Lipinski definition) is 0. The quantitative estimate of drug-likeness (QED) is 0.706. The van der Waals surface area contributed by atoms with E-state index in [-0.39, 0.29) is 25.6 Å². The first-order valence-electron chi connectivity index (χ1n) is 3.85. The molecular weight excluding hydrogens is 242 g/mol. The van der Waals surface area contributed by atoms with Crippen LogP contribution in [0.4, 0.5) is 8.78 Å². The maximum atomic E-state index is 13.2. The number of halogens is 2. The molecule has 0 aromatic heterocycles. The summed E-state index contributed by atoms with van der Waals surface area (Å²) in [7, 11) is 0. The Labute approximate surface area is 103 Å². The van der Waals surface area contributed by atoms with Crippen molar-refractivity contribution in [3.8, 4) is 0 Å². The second-order valence-electron chi connectivity index (χ2n) is 2.65. The molecule has 0 amide bonds. The fraction of sp³-hybridized carbons (Fsp3) is 0.333. The van der Waals surface area contributed by atoms with Crippen LogP contribution in [0.15, 0.2) is 12.1 Å². The number of aryl methyl sites for hydroxylation is 1. The Morgan fingerprint density at radius 2 is 1.92 bits per heavy atom. The Morgan fingerprint density at radius 1 is 1.31 bits per heavy atom. The van der Waals surface area contributed by atoms with E-state index in [9.17, 15) is 8.78 Å². The van der Waals surface area contributed by atoms with Gasteiger partial charge in [-0.1, -0.05) is 0 Å². The van der Waals surface area contributed by atoms with Crippen LogP contribution in [0.2, 0.25) is 0 Å². The van der Waals surface area contributed by atoms with Crippen LogP contribution >= 0.6 is 0 Å². The molecule has 0 aliphatic carbocycles. The topological polar surface area (TPSA) is 0 Å². The van der Waals surface area contributed by atoms with Crippen LogP contribution in [-0.4, -0.2) is 0 Å². The van der Waals surface area contributed by atoms with Crippen LogP contribution in [0.5, 0.6) is 0 Å². The van der Waals surface area contributed by atoms with Gasteiger partial charge in [0.25, 0.3) is 0 Å². The third-order valence-electron chi connectivity index (χ3n) is 1.69. The van der Waals surface area contributed by atoms with Crippen molar-refractivity contribution in [3.63, 3.8) is 0 Å². The van der Waals surface area contributed by atoms with Crippen molar-refractivity contribution in [1.29, 1.82) is 0 Å².